The third kappa shape index (κ3) is 6.35. The van der Waals surface area contributed by atoms with Crippen LogP contribution in [0, 0.1) is 5.92 Å². The van der Waals surface area contributed by atoms with Crippen LogP contribution in [0.1, 0.15) is 27.2 Å². The third-order valence-corrected chi connectivity index (χ3v) is 4.12. The van der Waals surface area contributed by atoms with Crippen molar-refractivity contribution in [1.82, 2.24) is 10.0 Å². The van der Waals surface area contributed by atoms with E-state index in [0.717, 1.165) is 13.0 Å². The molecule has 0 radical (unpaired) electrons. The average molecular weight is 264 g/mol. The van der Waals surface area contributed by atoms with Crippen molar-refractivity contribution in [3.63, 3.8) is 0 Å². The van der Waals surface area contributed by atoms with Crippen LogP contribution in [-0.2, 0) is 14.8 Å². The Balaban J connectivity index is 2.32. The summed E-state index contributed by atoms with van der Waals surface area (Å²) < 4.78 is 31.5. The summed E-state index contributed by atoms with van der Waals surface area (Å²) in [5, 5.41) is 3.22. The predicted molar refractivity (Wildman–Crippen MR) is 68.4 cm³/mol. The fourth-order valence-corrected chi connectivity index (χ4v) is 3.07. The van der Waals surface area contributed by atoms with Gasteiger partial charge in [0.25, 0.3) is 0 Å². The molecule has 0 amide bonds. The number of hydrogen-bond acceptors (Lipinski definition) is 4. The molecule has 6 heteroatoms. The predicted octanol–water partition coefficient (Wildman–Crippen LogP) is 0.329. The maximum Gasteiger partial charge on any atom is 0.214 e. The third-order valence-electron chi connectivity index (χ3n) is 2.72. The van der Waals surface area contributed by atoms with Gasteiger partial charge in [-0.1, -0.05) is 6.92 Å². The summed E-state index contributed by atoms with van der Waals surface area (Å²) in [5.74, 6) is 0.555. The van der Waals surface area contributed by atoms with Crippen molar-refractivity contribution < 1.29 is 13.2 Å². The Morgan fingerprint density at radius 2 is 2.12 bits per heavy atom. The first-order valence-corrected chi connectivity index (χ1v) is 7.86. The molecule has 0 aliphatic carbocycles. The average Bonchev–Trinajstić information content (AvgIpc) is 2.15. The summed E-state index contributed by atoms with van der Waals surface area (Å²) in [6.45, 7) is 7.85. The number of rotatable bonds is 6. The van der Waals surface area contributed by atoms with Crippen LogP contribution in [0.25, 0.3) is 0 Å². The van der Waals surface area contributed by atoms with Gasteiger partial charge in [-0.2, -0.15) is 0 Å². The van der Waals surface area contributed by atoms with Gasteiger partial charge in [-0.25, -0.2) is 13.1 Å². The molecule has 2 atom stereocenters. The maximum atomic E-state index is 11.8. The van der Waals surface area contributed by atoms with Gasteiger partial charge in [-0.05, 0) is 32.7 Å². The molecule has 2 N–H and O–H groups in total. The van der Waals surface area contributed by atoms with Crippen LogP contribution >= 0.6 is 0 Å². The minimum atomic E-state index is -3.22. The zero-order valence-electron chi connectivity index (χ0n) is 10.9. The van der Waals surface area contributed by atoms with Crippen molar-refractivity contribution >= 4 is 10.0 Å². The van der Waals surface area contributed by atoms with Gasteiger partial charge in [0.05, 0.1) is 18.5 Å². The molecular formula is C11H24N2O3S. The second-order valence-corrected chi connectivity index (χ2v) is 6.93. The van der Waals surface area contributed by atoms with Crippen molar-refractivity contribution in [2.24, 2.45) is 5.92 Å². The first-order chi connectivity index (χ1) is 7.89. The summed E-state index contributed by atoms with van der Waals surface area (Å²) >= 11 is 0. The molecule has 1 fully saturated rings. The maximum absolute atomic E-state index is 11.8. The molecule has 0 aromatic carbocycles. The lowest BCUT2D eigenvalue weighted by Gasteiger charge is -2.28. The molecule has 0 spiro atoms. The van der Waals surface area contributed by atoms with Crippen LogP contribution in [0.3, 0.4) is 0 Å². The second-order valence-electron chi connectivity index (χ2n) is 5.05. The van der Waals surface area contributed by atoms with Crippen molar-refractivity contribution in [2.75, 3.05) is 25.4 Å². The molecule has 2 unspecified atom stereocenters. The van der Waals surface area contributed by atoms with Gasteiger partial charge in [0.2, 0.25) is 10.0 Å². The van der Waals surface area contributed by atoms with Gasteiger partial charge in [0.15, 0.2) is 0 Å². The SMILES string of the molecule is CC1CNCC(NS(=O)(=O)CCOC(C)C)C1. The van der Waals surface area contributed by atoms with E-state index in [1.165, 1.54) is 0 Å². The lowest BCUT2D eigenvalue weighted by molar-refractivity contribution is 0.0911. The Labute approximate surface area is 104 Å². The molecule has 1 aliphatic heterocycles. The van der Waals surface area contributed by atoms with E-state index in [2.05, 4.69) is 17.0 Å². The standard InChI is InChI=1S/C11H24N2O3S/c1-9(2)16-4-5-17(14,15)13-11-6-10(3)7-12-8-11/h9-13H,4-8H2,1-3H3. The zero-order valence-corrected chi connectivity index (χ0v) is 11.7. The van der Waals surface area contributed by atoms with Crippen LogP contribution in [0.15, 0.2) is 0 Å². The van der Waals surface area contributed by atoms with Crippen LogP contribution < -0.4 is 10.0 Å². The van der Waals surface area contributed by atoms with E-state index in [0.29, 0.717) is 12.5 Å². The monoisotopic (exact) mass is 264 g/mol. The topological polar surface area (TPSA) is 67.4 Å². The van der Waals surface area contributed by atoms with E-state index in [9.17, 15) is 8.42 Å². The smallest absolute Gasteiger partial charge is 0.214 e. The number of piperidine rings is 1. The lowest BCUT2D eigenvalue weighted by Crippen LogP contribution is -2.49. The first kappa shape index (κ1) is 14.9. The van der Waals surface area contributed by atoms with Crippen LogP contribution in [0.4, 0.5) is 0 Å². The number of sulfonamides is 1. The van der Waals surface area contributed by atoms with Crippen molar-refractivity contribution in [3.8, 4) is 0 Å². The van der Waals surface area contributed by atoms with Gasteiger partial charge in [0.1, 0.15) is 0 Å². The molecular weight excluding hydrogens is 240 g/mol. The summed E-state index contributed by atoms with van der Waals surface area (Å²) in [6, 6.07) is 0.0165. The molecule has 1 heterocycles. The Bertz CT molecular complexity index is 317. The Kier molecular flexibility index (Phi) is 5.85. The summed E-state index contributed by atoms with van der Waals surface area (Å²) in [7, 11) is -3.22. The minimum absolute atomic E-state index is 0.0165. The molecule has 0 aromatic rings. The molecule has 1 rings (SSSR count). The highest BCUT2D eigenvalue weighted by Crippen LogP contribution is 2.10. The van der Waals surface area contributed by atoms with E-state index in [1.54, 1.807) is 0 Å². The summed E-state index contributed by atoms with van der Waals surface area (Å²) in [6.07, 6.45) is 0.971. The Hall–Kier alpha value is -0.170. The molecule has 5 nitrogen and oxygen atoms in total. The molecule has 1 saturated heterocycles. The van der Waals surface area contributed by atoms with Gasteiger partial charge < -0.3 is 10.1 Å². The van der Waals surface area contributed by atoms with Crippen LogP contribution in [0.5, 0.6) is 0 Å². The fourth-order valence-electron chi connectivity index (χ4n) is 1.95. The molecule has 0 bridgehead atoms. The lowest BCUT2D eigenvalue weighted by atomic mass is 9.99. The van der Waals surface area contributed by atoms with E-state index in [1.807, 2.05) is 13.8 Å². The van der Waals surface area contributed by atoms with Gasteiger partial charge in [-0.15, -0.1) is 0 Å². The quantitative estimate of drug-likeness (QED) is 0.725. The van der Waals surface area contributed by atoms with Gasteiger partial charge >= 0.3 is 0 Å². The zero-order chi connectivity index (χ0) is 12.9. The van der Waals surface area contributed by atoms with Gasteiger partial charge in [-0.3, -0.25) is 0 Å². The van der Waals surface area contributed by atoms with Crippen molar-refractivity contribution in [1.29, 1.82) is 0 Å². The van der Waals surface area contributed by atoms with E-state index in [4.69, 9.17) is 4.74 Å². The van der Waals surface area contributed by atoms with E-state index in [-0.39, 0.29) is 24.5 Å². The summed E-state index contributed by atoms with van der Waals surface area (Å²) in [5.41, 5.74) is 0. The molecule has 17 heavy (non-hydrogen) atoms. The van der Waals surface area contributed by atoms with E-state index >= 15 is 0 Å². The minimum Gasteiger partial charge on any atom is -0.378 e. The first-order valence-electron chi connectivity index (χ1n) is 6.21. The highest BCUT2D eigenvalue weighted by Gasteiger charge is 2.23. The Morgan fingerprint density at radius 1 is 1.41 bits per heavy atom. The van der Waals surface area contributed by atoms with Crippen molar-refractivity contribution in [2.45, 2.75) is 39.3 Å². The fraction of sp³-hybridized carbons (Fsp3) is 1.00. The Morgan fingerprint density at radius 3 is 2.71 bits per heavy atom. The molecule has 102 valence electrons. The van der Waals surface area contributed by atoms with Gasteiger partial charge in [0, 0.05) is 12.6 Å². The largest absolute Gasteiger partial charge is 0.378 e. The van der Waals surface area contributed by atoms with Crippen molar-refractivity contribution in [3.05, 3.63) is 0 Å². The number of hydrogen-bond donors (Lipinski definition) is 2. The normalized spacial score (nSPS) is 26.4. The molecule has 0 aromatic heterocycles. The van der Waals surface area contributed by atoms with E-state index < -0.39 is 10.0 Å². The van der Waals surface area contributed by atoms with Crippen LogP contribution in [-0.4, -0.2) is 46.0 Å². The van der Waals surface area contributed by atoms with Crippen LogP contribution in [0.2, 0.25) is 0 Å². The highest BCUT2D eigenvalue weighted by molar-refractivity contribution is 7.89. The molecule has 1 aliphatic rings. The summed E-state index contributed by atoms with van der Waals surface area (Å²) in [4.78, 5) is 0. The number of ether oxygens (including phenoxy) is 1. The second kappa shape index (κ2) is 6.68. The number of nitrogens with one attached hydrogen (secondary N) is 2. The molecule has 0 saturated carbocycles. The highest BCUT2D eigenvalue weighted by atomic mass is 32.2.